The molecule has 2 rings (SSSR count). The van der Waals surface area contributed by atoms with Gasteiger partial charge in [0.05, 0.1) is 0 Å². The Bertz CT molecular complexity index is 486. The van der Waals surface area contributed by atoms with Crippen LogP contribution in [-0.2, 0) is 9.53 Å². The van der Waals surface area contributed by atoms with Gasteiger partial charge in [-0.3, -0.25) is 4.79 Å². The van der Waals surface area contributed by atoms with Gasteiger partial charge in [-0.1, -0.05) is 31.1 Å². The largest absolute Gasteiger partial charge is 0.493 e. The van der Waals surface area contributed by atoms with Crippen LogP contribution in [0.2, 0.25) is 0 Å². The summed E-state index contributed by atoms with van der Waals surface area (Å²) in [6, 6.07) is 0. The van der Waals surface area contributed by atoms with Crippen LogP contribution in [0, 0.1) is 5.41 Å². The van der Waals surface area contributed by atoms with Gasteiger partial charge in [0.25, 0.3) is 0 Å². The van der Waals surface area contributed by atoms with Crippen molar-refractivity contribution in [2.24, 2.45) is 5.41 Å². The van der Waals surface area contributed by atoms with E-state index in [0.717, 1.165) is 37.0 Å². The topological polar surface area (TPSA) is 26.3 Å². The Morgan fingerprint density at radius 3 is 2.80 bits per heavy atom. The predicted molar refractivity (Wildman–Crippen MR) is 82.4 cm³/mol. The second-order valence-electron chi connectivity index (χ2n) is 7.01. The van der Waals surface area contributed by atoms with Crippen LogP contribution < -0.4 is 0 Å². The average molecular weight is 274 g/mol. The average Bonchev–Trinajstić information content (AvgIpc) is 2.49. The van der Waals surface area contributed by atoms with E-state index in [0.29, 0.717) is 13.0 Å². The summed E-state index contributed by atoms with van der Waals surface area (Å²) in [7, 11) is 0. The third kappa shape index (κ3) is 3.84. The fourth-order valence-corrected chi connectivity index (χ4v) is 2.93. The Kier molecular flexibility index (Phi) is 4.52. The monoisotopic (exact) mass is 274 g/mol. The minimum absolute atomic E-state index is 0.0441. The Labute approximate surface area is 122 Å². The van der Waals surface area contributed by atoms with E-state index in [4.69, 9.17) is 4.74 Å². The minimum Gasteiger partial charge on any atom is -0.493 e. The second-order valence-corrected chi connectivity index (χ2v) is 7.01. The van der Waals surface area contributed by atoms with Crippen molar-refractivity contribution in [3.63, 3.8) is 0 Å². The number of ether oxygens (including phenoxy) is 1. The van der Waals surface area contributed by atoms with Crippen molar-refractivity contribution < 1.29 is 9.53 Å². The molecule has 1 aliphatic heterocycles. The highest BCUT2D eigenvalue weighted by Gasteiger charge is 2.34. The lowest BCUT2D eigenvalue weighted by Gasteiger charge is -2.31. The number of carbonyl (C=O) groups is 1. The van der Waals surface area contributed by atoms with E-state index in [1.165, 1.54) is 11.1 Å². The Hall–Kier alpha value is -1.31. The quantitative estimate of drug-likeness (QED) is 0.696. The summed E-state index contributed by atoms with van der Waals surface area (Å²) in [5, 5.41) is 0. The van der Waals surface area contributed by atoms with E-state index < -0.39 is 0 Å². The van der Waals surface area contributed by atoms with Crippen LogP contribution in [0.5, 0.6) is 0 Å². The van der Waals surface area contributed by atoms with E-state index >= 15 is 0 Å². The van der Waals surface area contributed by atoms with Gasteiger partial charge in [-0.25, -0.2) is 0 Å². The fraction of sp³-hybridized carbons (Fsp3) is 0.611. The molecule has 110 valence electrons. The number of ketones is 1. The molecule has 0 aromatic carbocycles. The summed E-state index contributed by atoms with van der Waals surface area (Å²) in [6.45, 7) is 9.15. The zero-order valence-electron chi connectivity index (χ0n) is 13.2. The molecule has 0 N–H and O–H groups in total. The first-order valence-electron chi connectivity index (χ1n) is 7.57. The molecule has 2 heteroatoms. The van der Waals surface area contributed by atoms with Crippen molar-refractivity contribution in [1.29, 1.82) is 0 Å². The molecule has 0 saturated carbocycles. The lowest BCUT2D eigenvalue weighted by molar-refractivity contribution is -0.118. The van der Waals surface area contributed by atoms with E-state index in [9.17, 15) is 4.79 Å². The fourth-order valence-electron chi connectivity index (χ4n) is 2.93. The van der Waals surface area contributed by atoms with Crippen LogP contribution in [0.4, 0.5) is 0 Å². The molecule has 0 radical (unpaired) electrons. The van der Waals surface area contributed by atoms with Gasteiger partial charge >= 0.3 is 0 Å². The molecule has 20 heavy (non-hydrogen) atoms. The SMILES string of the molecule is CC(C)=CCCC1=CCOC2=C(C1)C(=O)CC(C)(C)C2. The maximum absolute atomic E-state index is 12.3. The highest BCUT2D eigenvalue weighted by Crippen LogP contribution is 2.40. The van der Waals surface area contributed by atoms with Crippen LogP contribution in [0.15, 0.2) is 34.6 Å². The summed E-state index contributed by atoms with van der Waals surface area (Å²) in [4.78, 5) is 12.3. The first-order valence-corrected chi connectivity index (χ1v) is 7.57. The Morgan fingerprint density at radius 2 is 2.10 bits per heavy atom. The van der Waals surface area contributed by atoms with Crippen molar-refractivity contribution in [1.82, 2.24) is 0 Å². The van der Waals surface area contributed by atoms with E-state index in [1.54, 1.807) is 0 Å². The van der Waals surface area contributed by atoms with E-state index in [2.05, 4.69) is 39.8 Å². The third-order valence-corrected chi connectivity index (χ3v) is 4.00. The number of allylic oxidation sites excluding steroid dienone is 5. The van der Waals surface area contributed by atoms with Gasteiger partial charge in [0, 0.05) is 24.8 Å². The van der Waals surface area contributed by atoms with Gasteiger partial charge in [0.1, 0.15) is 12.4 Å². The molecule has 0 saturated heterocycles. The van der Waals surface area contributed by atoms with Gasteiger partial charge in [0.15, 0.2) is 5.78 Å². The number of hydrogen-bond donors (Lipinski definition) is 0. The predicted octanol–water partition coefficient (Wildman–Crippen LogP) is 4.72. The molecule has 0 bridgehead atoms. The molecular weight excluding hydrogens is 248 g/mol. The van der Waals surface area contributed by atoms with Crippen LogP contribution in [0.1, 0.15) is 59.8 Å². The molecule has 0 unspecified atom stereocenters. The van der Waals surface area contributed by atoms with Crippen LogP contribution >= 0.6 is 0 Å². The zero-order chi connectivity index (χ0) is 14.8. The van der Waals surface area contributed by atoms with Crippen molar-refractivity contribution in [2.75, 3.05) is 6.61 Å². The zero-order valence-corrected chi connectivity index (χ0v) is 13.2. The maximum Gasteiger partial charge on any atom is 0.163 e. The van der Waals surface area contributed by atoms with Gasteiger partial charge in [0.2, 0.25) is 0 Å². The molecule has 0 amide bonds. The lowest BCUT2D eigenvalue weighted by atomic mass is 9.75. The number of carbonyl (C=O) groups excluding carboxylic acids is 1. The van der Waals surface area contributed by atoms with Gasteiger partial charge in [-0.05, 0) is 38.2 Å². The van der Waals surface area contributed by atoms with Gasteiger partial charge in [-0.2, -0.15) is 0 Å². The molecule has 0 spiro atoms. The molecule has 0 aromatic rings. The van der Waals surface area contributed by atoms with E-state index in [-0.39, 0.29) is 11.2 Å². The Morgan fingerprint density at radius 1 is 1.35 bits per heavy atom. The highest BCUT2D eigenvalue weighted by molar-refractivity contribution is 5.97. The molecule has 2 aliphatic rings. The summed E-state index contributed by atoms with van der Waals surface area (Å²) in [5.74, 6) is 1.23. The van der Waals surface area contributed by atoms with Crippen molar-refractivity contribution in [2.45, 2.75) is 59.8 Å². The summed E-state index contributed by atoms with van der Waals surface area (Å²) < 4.78 is 5.84. The molecule has 1 aliphatic carbocycles. The molecule has 0 aromatic heterocycles. The van der Waals surface area contributed by atoms with Crippen molar-refractivity contribution in [3.05, 3.63) is 34.6 Å². The number of hydrogen-bond acceptors (Lipinski definition) is 2. The smallest absolute Gasteiger partial charge is 0.163 e. The summed E-state index contributed by atoms with van der Waals surface area (Å²) in [6.07, 6.45) is 8.84. The summed E-state index contributed by atoms with van der Waals surface area (Å²) in [5.41, 5.74) is 3.68. The lowest BCUT2D eigenvalue weighted by Crippen LogP contribution is -2.26. The minimum atomic E-state index is 0.0441. The van der Waals surface area contributed by atoms with Gasteiger partial charge in [-0.15, -0.1) is 0 Å². The Balaban J connectivity index is 2.08. The molecule has 2 nitrogen and oxygen atoms in total. The molecule has 0 atom stereocenters. The van der Waals surface area contributed by atoms with Crippen LogP contribution in [0.25, 0.3) is 0 Å². The van der Waals surface area contributed by atoms with Crippen LogP contribution in [-0.4, -0.2) is 12.4 Å². The van der Waals surface area contributed by atoms with Crippen molar-refractivity contribution in [3.8, 4) is 0 Å². The maximum atomic E-state index is 12.3. The molecular formula is C18H26O2. The number of rotatable bonds is 3. The second kappa shape index (κ2) is 5.99. The standard InChI is InChI=1S/C18H26O2/c1-13(2)6-5-7-14-8-9-20-17-12-18(3,4)11-16(19)15(17)10-14/h6,8H,5,7,9-12H2,1-4H3. The molecule has 0 fully saturated rings. The third-order valence-electron chi connectivity index (χ3n) is 4.00. The number of Topliss-reactive ketones (excluding diaryl/α,β-unsaturated/α-hetero) is 1. The first kappa shape index (κ1) is 15.1. The first-order chi connectivity index (χ1) is 9.37. The van der Waals surface area contributed by atoms with Crippen LogP contribution in [0.3, 0.4) is 0 Å². The van der Waals surface area contributed by atoms with Gasteiger partial charge < -0.3 is 4.74 Å². The van der Waals surface area contributed by atoms with Crippen molar-refractivity contribution >= 4 is 5.78 Å². The normalized spacial score (nSPS) is 21.6. The summed E-state index contributed by atoms with van der Waals surface area (Å²) >= 11 is 0. The van der Waals surface area contributed by atoms with E-state index in [1.807, 2.05) is 0 Å². The highest BCUT2D eigenvalue weighted by atomic mass is 16.5. The molecule has 1 heterocycles.